The summed E-state index contributed by atoms with van der Waals surface area (Å²) in [4.78, 5) is 28.2. The fourth-order valence-electron chi connectivity index (χ4n) is 2.88. The summed E-state index contributed by atoms with van der Waals surface area (Å²) in [5, 5.41) is 11.6. The van der Waals surface area contributed by atoms with Gasteiger partial charge in [0.1, 0.15) is 11.6 Å². The van der Waals surface area contributed by atoms with Crippen molar-refractivity contribution in [2.75, 3.05) is 13.1 Å². The Bertz CT molecular complexity index is 591. The number of nitrogens with zero attached hydrogens (tertiary/aromatic N) is 2. The van der Waals surface area contributed by atoms with Gasteiger partial charge in [-0.05, 0) is 19.3 Å². The molecule has 0 aromatic carbocycles. The number of carbonyl (C=O) groups excluding carboxylic acids is 1. The molecule has 1 aromatic rings. The third-order valence-electron chi connectivity index (χ3n) is 3.96. The number of likely N-dealkylation sites (tertiary alicyclic amines) is 1. The second kappa shape index (κ2) is 6.89. The van der Waals surface area contributed by atoms with Crippen molar-refractivity contribution >= 4 is 12.0 Å². The molecule has 0 spiro atoms. The second-order valence-corrected chi connectivity index (χ2v) is 5.97. The maximum atomic E-state index is 13.7. The predicted molar refractivity (Wildman–Crippen MR) is 77.6 cm³/mol. The van der Waals surface area contributed by atoms with Crippen LogP contribution in [0.1, 0.15) is 31.9 Å². The Balaban J connectivity index is 2.07. The number of piperidine rings is 1. The normalized spacial score (nSPS) is 22.5. The molecule has 126 valence electrons. The molecule has 0 radical (unpaired) electrons. The van der Waals surface area contributed by atoms with Gasteiger partial charge in [-0.1, -0.05) is 6.92 Å². The first-order chi connectivity index (χ1) is 10.8. The van der Waals surface area contributed by atoms with E-state index in [1.165, 1.54) is 11.8 Å². The molecule has 1 aromatic heterocycles. The Morgan fingerprint density at radius 1 is 1.35 bits per heavy atom. The van der Waals surface area contributed by atoms with Gasteiger partial charge in [0, 0.05) is 18.7 Å². The SMILES string of the molecule is CC1CC(C(=O)O)CN(C(=O)NC(C)c2c(F)cncc2F)C1. The van der Waals surface area contributed by atoms with Gasteiger partial charge in [0.25, 0.3) is 0 Å². The molecule has 0 saturated carbocycles. The van der Waals surface area contributed by atoms with Crippen LogP contribution < -0.4 is 5.32 Å². The molecule has 8 heteroatoms. The number of urea groups is 1. The smallest absolute Gasteiger partial charge is 0.317 e. The van der Waals surface area contributed by atoms with Crippen LogP contribution in [0, 0.1) is 23.5 Å². The number of carboxylic acid groups (broad SMARTS) is 1. The number of hydrogen-bond acceptors (Lipinski definition) is 3. The van der Waals surface area contributed by atoms with Crippen molar-refractivity contribution < 1.29 is 23.5 Å². The number of amides is 2. The number of carbonyl (C=O) groups is 2. The van der Waals surface area contributed by atoms with E-state index in [2.05, 4.69) is 10.3 Å². The second-order valence-electron chi connectivity index (χ2n) is 5.97. The highest BCUT2D eigenvalue weighted by Crippen LogP contribution is 2.23. The Hall–Kier alpha value is -2.25. The van der Waals surface area contributed by atoms with Crippen LogP contribution in [-0.2, 0) is 4.79 Å². The summed E-state index contributed by atoms with van der Waals surface area (Å²) in [6, 6.07) is -1.43. The largest absolute Gasteiger partial charge is 0.481 e. The summed E-state index contributed by atoms with van der Waals surface area (Å²) in [6.07, 6.45) is 2.26. The molecule has 23 heavy (non-hydrogen) atoms. The third-order valence-corrected chi connectivity index (χ3v) is 3.96. The van der Waals surface area contributed by atoms with Crippen LogP contribution in [0.3, 0.4) is 0 Å². The van der Waals surface area contributed by atoms with Crippen molar-refractivity contribution in [3.63, 3.8) is 0 Å². The summed E-state index contributed by atoms with van der Waals surface area (Å²) >= 11 is 0. The lowest BCUT2D eigenvalue weighted by molar-refractivity contribution is -0.143. The lowest BCUT2D eigenvalue weighted by Crippen LogP contribution is -2.50. The molecular formula is C15H19F2N3O3. The Morgan fingerprint density at radius 3 is 2.52 bits per heavy atom. The first kappa shape index (κ1) is 17.1. The van der Waals surface area contributed by atoms with Gasteiger partial charge < -0.3 is 15.3 Å². The minimum Gasteiger partial charge on any atom is -0.481 e. The highest BCUT2D eigenvalue weighted by Gasteiger charge is 2.32. The zero-order valence-electron chi connectivity index (χ0n) is 12.9. The van der Waals surface area contributed by atoms with Crippen molar-refractivity contribution in [2.24, 2.45) is 11.8 Å². The predicted octanol–water partition coefficient (Wildman–Crippen LogP) is 2.17. The van der Waals surface area contributed by atoms with Crippen LogP contribution in [0.2, 0.25) is 0 Å². The molecule has 1 fully saturated rings. The molecule has 1 saturated heterocycles. The first-order valence-corrected chi connectivity index (χ1v) is 7.36. The van der Waals surface area contributed by atoms with Crippen LogP contribution in [0.5, 0.6) is 0 Å². The van der Waals surface area contributed by atoms with Gasteiger partial charge in [0.15, 0.2) is 0 Å². The Labute approximate surface area is 132 Å². The summed E-state index contributed by atoms with van der Waals surface area (Å²) < 4.78 is 27.4. The van der Waals surface area contributed by atoms with E-state index in [1.54, 1.807) is 0 Å². The number of pyridine rings is 1. The number of rotatable bonds is 3. The fourth-order valence-corrected chi connectivity index (χ4v) is 2.88. The van der Waals surface area contributed by atoms with Crippen molar-refractivity contribution in [3.8, 4) is 0 Å². The van der Waals surface area contributed by atoms with Crippen molar-refractivity contribution in [1.82, 2.24) is 15.2 Å². The zero-order valence-corrected chi connectivity index (χ0v) is 12.9. The van der Waals surface area contributed by atoms with Gasteiger partial charge in [-0.15, -0.1) is 0 Å². The molecular weight excluding hydrogens is 308 g/mol. The van der Waals surface area contributed by atoms with E-state index in [0.717, 1.165) is 12.4 Å². The lowest BCUT2D eigenvalue weighted by Gasteiger charge is -2.35. The van der Waals surface area contributed by atoms with E-state index in [1.807, 2.05) is 6.92 Å². The van der Waals surface area contributed by atoms with Crippen molar-refractivity contribution in [3.05, 3.63) is 29.6 Å². The molecule has 3 unspecified atom stereocenters. The van der Waals surface area contributed by atoms with Gasteiger partial charge >= 0.3 is 12.0 Å². The van der Waals surface area contributed by atoms with Crippen LogP contribution >= 0.6 is 0 Å². The number of carboxylic acids is 1. The van der Waals surface area contributed by atoms with E-state index in [-0.39, 0.29) is 18.0 Å². The van der Waals surface area contributed by atoms with E-state index >= 15 is 0 Å². The molecule has 3 atom stereocenters. The summed E-state index contributed by atoms with van der Waals surface area (Å²) in [5.74, 6) is -3.22. The molecule has 0 aliphatic carbocycles. The summed E-state index contributed by atoms with van der Waals surface area (Å²) in [6.45, 7) is 3.81. The minimum absolute atomic E-state index is 0.0419. The van der Waals surface area contributed by atoms with Crippen LogP contribution in [-0.4, -0.2) is 40.1 Å². The lowest BCUT2D eigenvalue weighted by atomic mass is 9.91. The maximum Gasteiger partial charge on any atom is 0.317 e. The van der Waals surface area contributed by atoms with Gasteiger partial charge in [0.05, 0.1) is 24.4 Å². The van der Waals surface area contributed by atoms with E-state index in [0.29, 0.717) is 13.0 Å². The van der Waals surface area contributed by atoms with Crippen LogP contribution in [0.25, 0.3) is 0 Å². The summed E-state index contributed by atoms with van der Waals surface area (Å²) in [7, 11) is 0. The molecule has 2 heterocycles. The molecule has 2 rings (SSSR count). The standard InChI is InChI=1S/C15H19F2N3O3/c1-8-3-10(14(21)22)7-20(6-8)15(23)19-9(2)13-11(16)4-18-5-12(13)17/h4-5,8-10H,3,6-7H2,1-2H3,(H,19,23)(H,21,22). The van der Waals surface area contributed by atoms with Gasteiger partial charge in [-0.25, -0.2) is 13.6 Å². The van der Waals surface area contributed by atoms with Crippen LogP contribution in [0.15, 0.2) is 12.4 Å². The number of halogens is 2. The molecule has 1 aliphatic rings. The van der Waals surface area contributed by atoms with Gasteiger partial charge in [0.2, 0.25) is 0 Å². The first-order valence-electron chi connectivity index (χ1n) is 7.36. The number of aromatic nitrogens is 1. The Morgan fingerprint density at radius 2 is 1.96 bits per heavy atom. The highest BCUT2D eigenvalue weighted by atomic mass is 19.1. The van der Waals surface area contributed by atoms with Crippen molar-refractivity contribution in [2.45, 2.75) is 26.3 Å². The molecule has 6 nitrogen and oxygen atoms in total. The monoisotopic (exact) mass is 327 g/mol. The minimum atomic E-state index is -0.950. The summed E-state index contributed by atoms with van der Waals surface area (Å²) in [5.41, 5.74) is -0.270. The quantitative estimate of drug-likeness (QED) is 0.891. The van der Waals surface area contributed by atoms with E-state index in [4.69, 9.17) is 5.11 Å². The average molecular weight is 327 g/mol. The molecule has 2 N–H and O–H groups in total. The highest BCUT2D eigenvalue weighted by molar-refractivity contribution is 5.77. The van der Waals surface area contributed by atoms with Gasteiger partial charge in [-0.3, -0.25) is 9.78 Å². The Kier molecular flexibility index (Phi) is 5.12. The topological polar surface area (TPSA) is 82.5 Å². The third kappa shape index (κ3) is 3.94. The molecule has 1 aliphatic heterocycles. The van der Waals surface area contributed by atoms with Gasteiger partial charge in [-0.2, -0.15) is 0 Å². The number of hydrogen-bond donors (Lipinski definition) is 2. The van der Waals surface area contributed by atoms with Crippen molar-refractivity contribution in [1.29, 1.82) is 0 Å². The molecule has 0 bridgehead atoms. The maximum absolute atomic E-state index is 13.7. The number of nitrogens with one attached hydrogen (secondary N) is 1. The average Bonchev–Trinajstić information content (AvgIpc) is 2.46. The van der Waals surface area contributed by atoms with E-state index in [9.17, 15) is 18.4 Å². The zero-order chi connectivity index (χ0) is 17.1. The molecule has 2 amide bonds. The van der Waals surface area contributed by atoms with E-state index < -0.39 is 35.6 Å². The number of aliphatic carboxylic acids is 1. The van der Waals surface area contributed by atoms with Crippen LogP contribution in [0.4, 0.5) is 13.6 Å². The fraction of sp³-hybridized carbons (Fsp3) is 0.533.